The number of hydrogen-bond donors (Lipinski definition) is 0. The maximum atomic E-state index is 9.66. The summed E-state index contributed by atoms with van der Waals surface area (Å²) in [6, 6.07) is 2.67. The molecule has 1 aliphatic carbocycles. The van der Waals surface area contributed by atoms with Crippen LogP contribution in [0.5, 0.6) is 0 Å². The van der Waals surface area contributed by atoms with E-state index in [1.54, 1.807) is 0 Å². The Morgan fingerprint density at radius 2 is 1.81 bits per heavy atom. The van der Waals surface area contributed by atoms with Crippen molar-refractivity contribution in [3.8, 4) is 6.07 Å². The van der Waals surface area contributed by atoms with Gasteiger partial charge in [0.25, 0.3) is 0 Å². The van der Waals surface area contributed by atoms with E-state index in [4.69, 9.17) is 0 Å². The lowest BCUT2D eigenvalue weighted by molar-refractivity contribution is 0.0347. The Morgan fingerprint density at radius 3 is 2.31 bits per heavy atom. The van der Waals surface area contributed by atoms with Crippen molar-refractivity contribution < 1.29 is 0 Å². The van der Waals surface area contributed by atoms with Crippen LogP contribution in [0, 0.1) is 22.7 Å². The summed E-state index contributed by atoms with van der Waals surface area (Å²) in [5.41, 5.74) is 0.174. The highest BCUT2D eigenvalue weighted by molar-refractivity contribution is 5.14. The van der Waals surface area contributed by atoms with Crippen molar-refractivity contribution >= 4 is 0 Å². The summed E-state index contributed by atoms with van der Waals surface area (Å²) in [5.74, 6) is 0.684. The first-order valence-corrected chi connectivity index (χ1v) is 6.64. The topological polar surface area (TPSA) is 27.0 Å². The third kappa shape index (κ3) is 2.11. The first-order chi connectivity index (χ1) is 7.47. The predicted octanol–water partition coefficient (Wildman–Crippen LogP) is 3.19. The molecule has 0 aromatic carbocycles. The monoisotopic (exact) mass is 220 g/mol. The summed E-state index contributed by atoms with van der Waals surface area (Å²) in [5, 5.41) is 9.66. The molecule has 2 aliphatic rings. The minimum Gasteiger partial charge on any atom is -0.286 e. The Labute approximate surface area is 99.6 Å². The summed E-state index contributed by atoms with van der Waals surface area (Å²) in [6.07, 6.45) is 5.95. The smallest absolute Gasteiger partial charge is 0.110 e. The second-order valence-electron chi connectivity index (χ2n) is 6.69. The molecule has 0 aromatic rings. The fourth-order valence-electron chi connectivity index (χ4n) is 4.07. The third-order valence-corrected chi connectivity index (χ3v) is 4.28. The van der Waals surface area contributed by atoms with Crippen LogP contribution >= 0.6 is 0 Å². The van der Waals surface area contributed by atoms with E-state index in [1.165, 1.54) is 19.3 Å². The molecule has 2 rings (SSSR count). The molecule has 16 heavy (non-hydrogen) atoms. The number of nitrogens with zero attached hydrogens (tertiary/aromatic N) is 2. The van der Waals surface area contributed by atoms with Crippen LogP contribution in [0.2, 0.25) is 0 Å². The normalized spacial score (nSPS) is 39.5. The second kappa shape index (κ2) is 4.04. The van der Waals surface area contributed by atoms with Gasteiger partial charge < -0.3 is 0 Å². The predicted molar refractivity (Wildman–Crippen MR) is 65.9 cm³/mol. The maximum Gasteiger partial charge on any atom is 0.110 e. The molecule has 1 aliphatic heterocycles. The van der Waals surface area contributed by atoms with Crippen molar-refractivity contribution in [2.75, 3.05) is 13.1 Å². The van der Waals surface area contributed by atoms with Gasteiger partial charge in [0, 0.05) is 0 Å². The summed E-state index contributed by atoms with van der Waals surface area (Å²) in [7, 11) is 0. The molecule has 0 spiro atoms. The van der Waals surface area contributed by atoms with E-state index >= 15 is 0 Å². The minimum absolute atomic E-state index is 0.155. The van der Waals surface area contributed by atoms with Crippen LogP contribution in [-0.4, -0.2) is 23.5 Å². The van der Waals surface area contributed by atoms with Gasteiger partial charge in [0.1, 0.15) is 5.54 Å². The van der Waals surface area contributed by atoms with Crippen molar-refractivity contribution in [1.29, 1.82) is 5.26 Å². The summed E-state index contributed by atoms with van der Waals surface area (Å²) < 4.78 is 0. The molecule has 1 heterocycles. The molecule has 1 saturated carbocycles. The van der Waals surface area contributed by atoms with Crippen LogP contribution in [0.1, 0.15) is 52.9 Å². The van der Waals surface area contributed by atoms with Crippen LogP contribution < -0.4 is 0 Å². The van der Waals surface area contributed by atoms with E-state index in [1.807, 2.05) is 0 Å². The van der Waals surface area contributed by atoms with E-state index in [2.05, 4.69) is 31.7 Å². The Hall–Kier alpha value is -0.550. The molecule has 2 unspecified atom stereocenters. The standard InChI is InChI=1S/C14H24N2/c1-12-8-13(2,3)10-14(9-12,11-15)16-6-4-5-7-16/h12H,4-10H2,1-3H3. The lowest BCUT2D eigenvalue weighted by atomic mass is 9.64. The molecule has 0 radical (unpaired) electrons. The van der Waals surface area contributed by atoms with Crippen LogP contribution in [0.25, 0.3) is 0 Å². The SMILES string of the molecule is CC1CC(C)(C)CC(C#N)(N2CCCC2)C1. The molecule has 1 saturated heterocycles. The number of likely N-dealkylation sites (tertiary alicyclic amines) is 1. The van der Waals surface area contributed by atoms with Gasteiger partial charge in [-0.15, -0.1) is 0 Å². The zero-order valence-electron chi connectivity index (χ0n) is 10.9. The van der Waals surface area contributed by atoms with Crippen molar-refractivity contribution in [2.45, 2.75) is 58.4 Å². The third-order valence-electron chi connectivity index (χ3n) is 4.28. The van der Waals surface area contributed by atoms with E-state index in [0.29, 0.717) is 11.3 Å². The van der Waals surface area contributed by atoms with Crippen molar-refractivity contribution in [1.82, 2.24) is 4.90 Å². The highest BCUT2D eigenvalue weighted by Gasteiger charge is 2.47. The first kappa shape index (κ1) is 11.9. The average molecular weight is 220 g/mol. The maximum absolute atomic E-state index is 9.66. The Bertz CT molecular complexity index is 296. The zero-order valence-corrected chi connectivity index (χ0v) is 10.9. The van der Waals surface area contributed by atoms with Gasteiger partial charge in [0.05, 0.1) is 6.07 Å². The van der Waals surface area contributed by atoms with Gasteiger partial charge in [-0.05, 0) is 56.5 Å². The van der Waals surface area contributed by atoms with Gasteiger partial charge in [0.2, 0.25) is 0 Å². The van der Waals surface area contributed by atoms with Gasteiger partial charge in [-0.1, -0.05) is 20.8 Å². The zero-order chi connectivity index (χ0) is 11.8. The van der Waals surface area contributed by atoms with Crippen molar-refractivity contribution in [3.63, 3.8) is 0 Å². The van der Waals surface area contributed by atoms with E-state index in [9.17, 15) is 5.26 Å². The van der Waals surface area contributed by atoms with Crippen LogP contribution in [0.3, 0.4) is 0 Å². The molecular formula is C14H24N2. The van der Waals surface area contributed by atoms with Gasteiger partial charge in [-0.3, -0.25) is 4.90 Å². The Kier molecular flexibility index (Phi) is 3.01. The molecule has 90 valence electrons. The lowest BCUT2D eigenvalue weighted by Gasteiger charge is -2.48. The summed E-state index contributed by atoms with van der Waals surface area (Å²) >= 11 is 0. The molecule has 2 heteroatoms. The molecule has 0 aromatic heterocycles. The van der Waals surface area contributed by atoms with Crippen molar-refractivity contribution in [2.24, 2.45) is 11.3 Å². The molecular weight excluding hydrogens is 196 g/mol. The second-order valence-corrected chi connectivity index (χ2v) is 6.69. The fourth-order valence-corrected chi connectivity index (χ4v) is 4.07. The minimum atomic E-state index is -0.155. The lowest BCUT2D eigenvalue weighted by Crippen LogP contribution is -2.52. The summed E-state index contributed by atoms with van der Waals surface area (Å²) in [6.45, 7) is 9.23. The molecule has 0 amide bonds. The van der Waals surface area contributed by atoms with Gasteiger partial charge >= 0.3 is 0 Å². The molecule has 2 atom stereocenters. The van der Waals surface area contributed by atoms with E-state index in [0.717, 1.165) is 25.9 Å². The number of rotatable bonds is 1. The number of nitriles is 1. The van der Waals surface area contributed by atoms with E-state index in [-0.39, 0.29) is 5.54 Å². The largest absolute Gasteiger partial charge is 0.286 e. The highest BCUT2D eigenvalue weighted by atomic mass is 15.2. The highest BCUT2D eigenvalue weighted by Crippen LogP contribution is 2.47. The Morgan fingerprint density at radius 1 is 1.19 bits per heavy atom. The van der Waals surface area contributed by atoms with Gasteiger partial charge in [0.15, 0.2) is 0 Å². The van der Waals surface area contributed by atoms with Crippen LogP contribution in [-0.2, 0) is 0 Å². The van der Waals surface area contributed by atoms with Gasteiger partial charge in [-0.2, -0.15) is 5.26 Å². The molecule has 2 fully saturated rings. The average Bonchev–Trinajstić information content (AvgIpc) is 2.67. The molecule has 0 bridgehead atoms. The quantitative estimate of drug-likeness (QED) is 0.678. The van der Waals surface area contributed by atoms with Crippen molar-refractivity contribution in [3.05, 3.63) is 0 Å². The van der Waals surface area contributed by atoms with Gasteiger partial charge in [-0.25, -0.2) is 0 Å². The van der Waals surface area contributed by atoms with Crippen LogP contribution in [0.4, 0.5) is 0 Å². The first-order valence-electron chi connectivity index (χ1n) is 6.64. The van der Waals surface area contributed by atoms with E-state index < -0.39 is 0 Å². The fraction of sp³-hybridized carbons (Fsp3) is 0.929. The molecule has 2 nitrogen and oxygen atoms in total. The molecule has 0 N–H and O–H groups in total. The Balaban J connectivity index is 2.22. The number of hydrogen-bond acceptors (Lipinski definition) is 2. The van der Waals surface area contributed by atoms with Crippen LogP contribution in [0.15, 0.2) is 0 Å². The summed E-state index contributed by atoms with van der Waals surface area (Å²) in [4.78, 5) is 2.46.